The lowest BCUT2D eigenvalue weighted by molar-refractivity contribution is 1.52. The first-order valence-corrected chi connectivity index (χ1v) is 21.7. The average molecular weight is 802 g/mol. The van der Waals surface area contributed by atoms with Gasteiger partial charge in [0, 0.05) is 65.5 Å². The zero-order chi connectivity index (χ0) is 41.4. The molecule has 0 unspecified atom stereocenters. The highest BCUT2D eigenvalue weighted by Crippen LogP contribution is 2.43. The van der Waals surface area contributed by atoms with Crippen LogP contribution >= 0.6 is 0 Å². The number of aromatic amines is 3. The van der Waals surface area contributed by atoms with Gasteiger partial charge in [0.25, 0.3) is 0 Å². The monoisotopic (exact) mass is 801 g/mol. The van der Waals surface area contributed by atoms with Crippen LogP contribution in [0.4, 0.5) is 0 Å². The van der Waals surface area contributed by atoms with Gasteiger partial charge in [0.15, 0.2) is 0 Å². The van der Waals surface area contributed by atoms with Crippen LogP contribution in [0.1, 0.15) is 0 Å². The van der Waals surface area contributed by atoms with Crippen molar-refractivity contribution in [2.75, 3.05) is 0 Å². The number of benzene rings is 10. The van der Waals surface area contributed by atoms with Crippen LogP contribution in [0.15, 0.2) is 218 Å². The molecular weight excluding hydrogens is 763 g/mol. The molecule has 0 atom stereocenters. The molecule has 3 aromatic heterocycles. The summed E-state index contributed by atoms with van der Waals surface area (Å²) in [6.07, 6.45) is 0. The number of hydrogen-bond acceptors (Lipinski definition) is 0. The third kappa shape index (κ3) is 5.89. The van der Waals surface area contributed by atoms with Gasteiger partial charge in [-0.1, -0.05) is 146 Å². The van der Waals surface area contributed by atoms with Gasteiger partial charge < -0.3 is 15.0 Å². The molecule has 0 aliphatic rings. The highest BCUT2D eigenvalue weighted by atomic mass is 14.7. The second-order valence-corrected chi connectivity index (χ2v) is 16.8. The largest absolute Gasteiger partial charge is 0.355 e. The van der Waals surface area contributed by atoms with Crippen molar-refractivity contribution in [1.29, 1.82) is 0 Å². The fourth-order valence-electron chi connectivity index (χ4n) is 9.90. The van der Waals surface area contributed by atoms with Gasteiger partial charge in [0.1, 0.15) is 0 Å². The quantitative estimate of drug-likeness (QED) is 0.150. The van der Waals surface area contributed by atoms with Crippen molar-refractivity contribution in [3.8, 4) is 66.8 Å². The first-order chi connectivity index (χ1) is 31.2. The van der Waals surface area contributed by atoms with E-state index >= 15 is 0 Å². The molecule has 3 N–H and O–H groups in total. The summed E-state index contributed by atoms with van der Waals surface area (Å²) in [4.78, 5) is 11.5. The maximum atomic E-state index is 3.86. The fraction of sp³-hybridized carbons (Fsp3) is 0. The van der Waals surface area contributed by atoms with Crippen molar-refractivity contribution >= 4 is 65.4 Å². The lowest BCUT2D eigenvalue weighted by Crippen LogP contribution is -1.86. The van der Waals surface area contributed by atoms with Crippen molar-refractivity contribution in [3.63, 3.8) is 0 Å². The lowest BCUT2D eigenvalue weighted by Gasteiger charge is -2.10. The van der Waals surface area contributed by atoms with E-state index in [1.807, 2.05) is 0 Å². The van der Waals surface area contributed by atoms with Gasteiger partial charge in [-0.3, -0.25) is 0 Å². The van der Waals surface area contributed by atoms with Crippen LogP contribution < -0.4 is 0 Å². The van der Waals surface area contributed by atoms with Crippen LogP contribution in [-0.2, 0) is 0 Å². The summed E-state index contributed by atoms with van der Waals surface area (Å²) in [5.41, 5.74) is 21.1. The minimum absolute atomic E-state index is 1.12. The van der Waals surface area contributed by atoms with Crippen molar-refractivity contribution in [2.24, 2.45) is 0 Å². The third-order valence-corrected chi connectivity index (χ3v) is 13.1. The maximum Gasteiger partial charge on any atom is 0.0544 e. The van der Waals surface area contributed by atoms with Crippen LogP contribution in [0.5, 0.6) is 0 Å². The molecular formula is C60H39N3. The number of hydrogen-bond donors (Lipinski definition) is 3. The molecule has 3 nitrogen and oxygen atoms in total. The molecule has 13 aromatic rings. The summed E-state index contributed by atoms with van der Waals surface area (Å²) in [5, 5.41) is 7.28. The summed E-state index contributed by atoms with van der Waals surface area (Å²) < 4.78 is 0. The van der Waals surface area contributed by atoms with E-state index < -0.39 is 0 Å². The second-order valence-electron chi connectivity index (χ2n) is 16.8. The van der Waals surface area contributed by atoms with Crippen LogP contribution in [0, 0.1) is 0 Å². The Morgan fingerprint density at radius 1 is 0.190 bits per heavy atom. The average Bonchev–Trinajstić information content (AvgIpc) is 4.05. The Labute approximate surface area is 363 Å². The van der Waals surface area contributed by atoms with Crippen molar-refractivity contribution in [1.82, 2.24) is 15.0 Å². The van der Waals surface area contributed by atoms with E-state index in [9.17, 15) is 0 Å². The number of aromatic nitrogens is 3. The molecule has 0 radical (unpaired) electrons. The van der Waals surface area contributed by atoms with E-state index in [4.69, 9.17) is 0 Å². The highest BCUT2D eigenvalue weighted by molar-refractivity contribution is 6.18. The SMILES string of the molecule is c1ccc(-c2ccc3[nH]c4c(-c5ccc6[nH]c7ccc(-c8cc(-c9ccccc9)cc9c8[nH]c8ccc(-c%10ccccc%10)cc89)cc7c6c5)cc(-c5ccccc5)cc4c3c2)cc1. The smallest absolute Gasteiger partial charge is 0.0544 e. The molecule has 294 valence electrons. The summed E-state index contributed by atoms with van der Waals surface area (Å²) in [5.74, 6) is 0. The predicted molar refractivity (Wildman–Crippen MR) is 267 cm³/mol. The zero-order valence-electron chi connectivity index (χ0n) is 34.3. The number of fused-ring (bicyclic) bond motifs is 9. The topological polar surface area (TPSA) is 47.4 Å². The molecule has 10 aromatic carbocycles. The Morgan fingerprint density at radius 3 is 0.857 bits per heavy atom. The van der Waals surface area contributed by atoms with Gasteiger partial charge in [-0.2, -0.15) is 0 Å². The van der Waals surface area contributed by atoms with Gasteiger partial charge >= 0.3 is 0 Å². The molecule has 13 rings (SSSR count). The Morgan fingerprint density at radius 2 is 0.476 bits per heavy atom. The zero-order valence-corrected chi connectivity index (χ0v) is 34.3. The second kappa shape index (κ2) is 14.1. The minimum Gasteiger partial charge on any atom is -0.355 e. The van der Waals surface area contributed by atoms with Gasteiger partial charge in [-0.05, 0) is 128 Å². The molecule has 0 fully saturated rings. The molecule has 0 saturated heterocycles. The number of nitrogens with one attached hydrogen (secondary N) is 3. The van der Waals surface area contributed by atoms with Crippen LogP contribution in [0.25, 0.3) is 132 Å². The van der Waals surface area contributed by atoms with Gasteiger partial charge in [0.05, 0.1) is 11.0 Å². The first-order valence-electron chi connectivity index (χ1n) is 21.7. The Bertz CT molecular complexity index is 3620. The Hall–Kier alpha value is -8.40. The molecule has 0 amide bonds. The molecule has 0 bridgehead atoms. The first kappa shape index (κ1) is 35.4. The Balaban J connectivity index is 1.00. The maximum absolute atomic E-state index is 3.86. The number of rotatable bonds is 6. The molecule has 0 aliphatic heterocycles. The molecule has 3 heteroatoms. The summed E-state index contributed by atoms with van der Waals surface area (Å²) in [7, 11) is 0. The van der Waals surface area contributed by atoms with E-state index in [0.717, 1.165) is 33.1 Å². The third-order valence-electron chi connectivity index (χ3n) is 13.1. The standard InChI is InChI=1S/C60H39N3/c1-5-13-37(14-6-1)41-21-25-57-51(29-41)53-35-45(39-17-9-3-10-18-39)33-47(59(53)62-57)43-23-27-55-49(31-43)50-32-44(24-28-56(50)61-55)48-34-46(40-19-11-4-12-20-40)36-54-52-30-42(38-15-7-2-8-16-38)22-26-58(52)63-60(48)54/h1-36,61-63H. The van der Waals surface area contributed by atoms with E-state index in [-0.39, 0.29) is 0 Å². The summed E-state index contributed by atoms with van der Waals surface area (Å²) in [6.45, 7) is 0. The summed E-state index contributed by atoms with van der Waals surface area (Å²) in [6, 6.07) is 79.6. The van der Waals surface area contributed by atoms with E-state index in [2.05, 4.69) is 233 Å². The van der Waals surface area contributed by atoms with Crippen LogP contribution in [-0.4, -0.2) is 15.0 Å². The number of H-pyrrole nitrogens is 3. The molecule has 0 saturated carbocycles. The predicted octanol–water partition coefficient (Wildman–Crippen LogP) is 16.6. The molecule has 0 aliphatic carbocycles. The van der Waals surface area contributed by atoms with Gasteiger partial charge in [0.2, 0.25) is 0 Å². The van der Waals surface area contributed by atoms with Gasteiger partial charge in [-0.25, -0.2) is 0 Å². The van der Waals surface area contributed by atoms with Crippen molar-refractivity contribution < 1.29 is 0 Å². The van der Waals surface area contributed by atoms with Gasteiger partial charge in [-0.15, -0.1) is 0 Å². The molecule has 63 heavy (non-hydrogen) atoms. The molecule has 3 heterocycles. The van der Waals surface area contributed by atoms with Crippen molar-refractivity contribution in [3.05, 3.63) is 218 Å². The van der Waals surface area contributed by atoms with E-state index in [0.29, 0.717) is 0 Å². The van der Waals surface area contributed by atoms with Crippen molar-refractivity contribution in [2.45, 2.75) is 0 Å². The van der Waals surface area contributed by atoms with Crippen LogP contribution in [0.2, 0.25) is 0 Å². The minimum atomic E-state index is 1.12. The molecule has 0 spiro atoms. The summed E-state index contributed by atoms with van der Waals surface area (Å²) >= 11 is 0. The lowest BCUT2D eigenvalue weighted by atomic mass is 9.93. The van der Waals surface area contributed by atoms with E-state index in [1.165, 1.54) is 99.1 Å². The van der Waals surface area contributed by atoms with E-state index in [1.54, 1.807) is 0 Å². The highest BCUT2D eigenvalue weighted by Gasteiger charge is 2.18. The fourth-order valence-corrected chi connectivity index (χ4v) is 9.90. The van der Waals surface area contributed by atoms with Crippen LogP contribution in [0.3, 0.4) is 0 Å². The Kier molecular flexibility index (Phi) is 7.91. The normalized spacial score (nSPS) is 11.8.